The highest BCUT2D eigenvalue weighted by Crippen LogP contribution is 2.23. The zero-order valence-corrected chi connectivity index (χ0v) is 13.8. The van der Waals surface area contributed by atoms with Crippen LogP contribution in [0.4, 0.5) is 11.4 Å². The van der Waals surface area contributed by atoms with Gasteiger partial charge >= 0.3 is 0 Å². The van der Waals surface area contributed by atoms with E-state index in [1.54, 1.807) is 0 Å². The molecule has 1 atom stereocenters. The van der Waals surface area contributed by atoms with Crippen LogP contribution < -0.4 is 11.1 Å². The topological polar surface area (TPSA) is 55.1 Å². The zero-order chi connectivity index (χ0) is 15.4. The van der Waals surface area contributed by atoms with Gasteiger partial charge in [-0.2, -0.15) is 0 Å². The number of nitrogens with two attached hydrogens (primary N) is 1. The van der Waals surface area contributed by atoms with Crippen LogP contribution in [0.5, 0.6) is 0 Å². The highest BCUT2D eigenvalue weighted by atomic mass is 79.9. The Morgan fingerprint density at radius 2 is 1.90 bits per heavy atom. The molecule has 0 heterocycles. The average molecular weight is 347 g/mol. The van der Waals surface area contributed by atoms with Gasteiger partial charge < -0.3 is 11.1 Å². The Morgan fingerprint density at radius 3 is 2.52 bits per heavy atom. The molecule has 0 aliphatic rings. The first kappa shape index (κ1) is 15.6. The van der Waals surface area contributed by atoms with Crippen LogP contribution in [0.2, 0.25) is 0 Å². The number of anilines is 2. The molecule has 0 aliphatic carbocycles. The summed E-state index contributed by atoms with van der Waals surface area (Å²) in [6.07, 6.45) is 0.443. The van der Waals surface area contributed by atoms with Crippen molar-refractivity contribution in [2.75, 3.05) is 11.1 Å². The fraction of sp³-hybridized carbons (Fsp3) is 0.235. The minimum atomic E-state index is 0.0149. The quantitative estimate of drug-likeness (QED) is 0.802. The highest BCUT2D eigenvalue weighted by Gasteiger charge is 2.11. The van der Waals surface area contributed by atoms with Gasteiger partial charge in [0.05, 0.1) is 0 Å². The third-order valence-electron chi connectivity index (χ3n) is 3.44. The smallest absolute Gasteiger partial charge is 0.224 e. The summed E-state index contributed by atoms with van der Waals surface area (Å²) in [7, 11) is 0. The van der Waals surface area contributed by atoms with Crippen LogP contribution in [0.15, 0.2) is 46.9 Å². The molecule has 0 fully saturated rings. The van der Waals surface area contributed by atoms with Crippen molar-refractivity contribution in [2.45, 2.75) is 26.2 Å². The molecule has 0 saturated carbocycles. The molecule has 1 unspecified atom stereocenters. The molecule has 0 spiro atoms. The SMILES string of the molecule is Cc1cc(NC(=O)CC(C)c2ccc(N)cc2)ccc1Br. The Balaban J connectivity index is 1.97. The van der Waals surface area contributed by atoms with E-state index in [-0.39, 0.29) is 11.8 Å². The van der Waals surface area contributed by atoms with Gasteiger partial charge in [-0.1, -0.05) is 35.0 Å². The van der Waals surface area contributed by atoms with Gasteiger partial charge in [0.2, 0.25) is 5.91 Å². The van der Waals surface area contributed by atoms with Crippen LogP contribution in [0.25, 0.3) is 0 Å². The summed E-state index contributed by atoms with van der Waals surface area (Å²) < 4.78 is 1.04. The third-order valence-corrected chi connectivity index (χ3v) is 4.33. The van der Waals surface area contributed by atoms with Crippen molar-refractivity contribution >= 4 is 33.2 Å². The largest absolute Gasteiger partial charge is 0.399 e. The molecule has 2 aromatic carbocycles. The molecular weight excluding hydrogens is 328 g/mol. The van der Waals surface area contributed by atoms with E-state index < -0.39 is 0 Å². The summed E-state index contributed by atoms with van der Waals surface area (Å²) in [5.74, 6) is 0.170. The molecule has 0 bridgehead atoms. The predicted octanol–water partition coefficient (Wildman–Crippen LogP) is 4.47. The number of aryl methyl sites for hydroxylation is 1. The van der Waals surface area contributed by atoms with Crippen LogP contribution in [0.3, 0.4) is 0 Å². The van der Waals surface area contributed by atoms with Gasteiger partial charge in [-0.05, 0) is 54.3 Å². The first-order valence-corrected chi connectivity index (χ1v) is 7.66. The van der Waals surface area contributed by atoms with Crippen LogP contribution in [-0.2, 0) is 4.79 Å². The number of nitrogen functional groups attached to an aromatic ring is 1. The Labute approximate surface area is 133 Å². The number of nitrogens with one attached hydrogen (secondary N) is 1. The van der Waals surface area contributed by atoms with Gasteiger partial charge in [-0.25, -0.2) is 0 Å². The van der Waals surface area contributed by atoms with Gasteiger partial charge in [0, 0.05) is 22.3 Å². The molecule has 3 N–H and O–H groups in total. The molecule has 2 rings (SSSR count). The number of halogens is 1. The summed E-state index contributed by atoms with van der Waals surface area (Å²) in [6, 6.07) is 13.4. The van der Waals surface area contributed by atoms with E-state index in [9.17, 15) is 4.79 Å². The van der Waals surface area contributed by atoms with E-state index in [1.807, 2.05) is 56.3 Å². The predicted molar refractivity (Wildman–Crippen MR) is 91.4 cm³/mol. The minimum absolute atomic E-state index is 0.0149. The number of hydrogen-bond donors (Lipinski definition) is 2. The second-order valence-electron chi connectivity index (χ2n) is 5.28. The van der Waals surface area contributed by atoms with Crippen molar-refractivity contribution in [3.05, 3.63) is 58.1 Å². The van der Waals surface area contributed by atoms with Gasteiger partial charge in [-0.15, -0.1) is 0 Å². The molecule has 3 nitrogen and oxygen atoms in total. The number of carbonyl (C=O) groups excluding carboxylic acids is 1. The van der Waals surface area contributed by atoms with Crippen LogP contribution in [-0.4, -0.2) is 5.91 Å². The summed E-state index contributed by atoms with van der Waals surface area (Å²) >= 11 is 3.45. The molecule has 0 saturated heterocycles. The molecule has 1 amide bonds. The van der Waals surface area contributed by atoms with Crippen molar-refractivity contribution in [1.82, 2.24) is 0 Å². The normalized spacial score (nSPS) is 12.0. The molecule has 110 valence electrons. The number of amides is 1. The number of rotatable bonds is 4. The van der Waals surface area contributed by atoms with Gasteiger partial charge in [0.25, 0.3) is 0 Å². The fourth-order valence-electron chi connectivity index (χ4n) is 2.15. The van der Waals surface area contributed by atoms with Crippen molar-refractivity contribution in [1.29, 1.82) is 0 Å². The highest BCUT2D eigenvalue weighted by molar-refractivity contribution is 9.10. The molecule has 2 aromatic rings. The maximum Gasteiger partial charge on any atom is 0.224 e. The number of carbonyl (C=O) groups is 1. The Bertz CT molecular complexity index is 638. The van der Waals surface area contributed by atoms with E-state index in [0.717, 1.165) is 27.0 Å². The van der Waals surface area contributed by atoms with Crippen LogP contribution in [0, 0.1) is 6.92 Å². The molecule has 21 heavy (non-hydrogen) atoms. The van der Waals surface area contributed by atoms with Gasteiger partial charge in [0.15, 0.2) is 0 Å². The molecule has 0 aliphatic heterocycles. The standard InChI is InChI=1S/C17H19BrN2O/c1-11(13-3-5-14(19)6-4-13)10-17(21)20-15-7-8-16(18)12(2)9-15/h3-9,11H,10,19H2,1-2H3,(H,20,21). The molecule has 0 aromatic heterocycles. The van der Waals surface area contributed by atoms with Crippen molar-refractivity contribution in [3.8, 4) is 0 Å². The third kappa shape index (κ3) is 4.33. The van der Waals surface area contributed by atoms with Crippen molar-refractivity contribution < 1.29 is 4.79 Å². The lowest BCUT2D eigenvalue weighted by Crippen LogP contribution is -2.14. The van der Waals surface area contributed by atoms with Crippen molar-refractivity contribution in [3.63, 3.8) is 0 Å². The van der Waals surface area contributed by atoms with E-state index in [1.165, 1.54) is 0 Å². The monoisotopic (exact) mass is 346 g/mol. The van der Waals surface area contributed by atoms with E-state index >= 15 is 0 Å². The first-order chi connectivity index (χ1) is 9.95. The summed E-state index contributed by atoms with van der Waals surface area (Å²) in [5, 5.41) is 2.94. The summed E-state index contributed by atoms with van der Waals surface area (Å²) in [5.41, 5.74) is 9.45. The van der Waals surface area contributed by atoms with Crippen LogP contribution in [0.1, 0.15) is 30.4 Å². The lowest BCUT2D eigenvalue weighted by atomic mass is 9.97. The minimum Gasteiger partial charge on any atom is -0.399 e. The van der Waals surface area contributed by atoms with E-state index in [2.05, 4.69) is 21.2 Å². The fourth-order valence-corrected chi connectivity index (χ4v) is 2.40. The lowest BCUT2D eigenvalue weighted by Gasteiger charge is -2.13. The molecule has 4 heteroatoms. The van der Waals surface area contributed by atoms with Crippen molar-refractivity contribution in [2.24, 2.45) is 0 Å². The first-order valence-electron chi connectivity index (χ1n) is 6.87. The summed E-state index contributed by atoms with van der Waals surface area (Å²) in [6.45, 7) is 4.04. The van der Waals surface area contributed by atoms with E-state index in [0.29, 0.717) is 6.42 Å². The Hall–Kier alpha value is -1.81. The maximum absolute atomic E-state index is 12.1. The zero-order valence-electron chi connectivity index (χ0n) is 12.2. The second-order valence-corrected chi connectivity index (χ2v) is 6.14. The number of benzene rings is 2. The molecule has 0 radical (unpaired) electrons. The lowest BCUT2D eigenvalue weighted by molar-refractivity contribution is -0.116. The maximum atomic E-state index is 12.1. The van der Waals surface area contributed by atoms with Gasteiger partial charge in [-0.3, -0.25) is 4.79 Å². The average Bonchev–Trinajstić information content (AvgIpc) is 2.43. The Kier molecular flexibility index (Phi) is 5.02. The summed E-state index contributed by atoms with van der Waals surface area (Å²) in [4.78, 5) is 12.1. The Morgan fingerprint density at radius 1 is 1.24 bits per heavy atom. The second kappa shape index (κ2) is 6.76. The molecular formula is C17H19BrN2O. The number of hydrogen-bond acceptors (Lipinski definition) is 2. The van der Waals surface area contributed by atoms with E-state index in [4.69, 9.17) is 5.73 Å². The van der Waals surface area contributed by atoms with Gasteiger partial charge in [0.1, 0.15) is 0 Å². The van der Waals surface area contributed by atoms with Crippen LogP contribution >= 0.6 is 15.9 Å².